The molecular formula is C17H21N7O2. The highest BCUT2D eigenvalue weighted by atomic mass is 16.5. The van der Waals surface area contributed by atoms with Crippen molar-refractivity contribution in [2.45, 2.75) is 45.6 Å². The van der Waals surface area contributed by atoms with Crippen LogP contribution in [0.2, 0.25) is 0 Å². The monoisotopic (exact) mass is 355 g/mol. The van der Waals surface area contributed by atoms with Crippen molar-refractivity contribution in [3.8, 4) is 17.4 Å². The molecule has 3 aromatic heterocycles. The molecule has 0 aliphatic heterocycles. The molecule has 136 valence electrons. The molecule has 9 heteroatoms. The Hall–Kier alpha value is -2.84. The van der Waals surface area contributed by atoms with Crippen LogP contribution in [0.3, 0.4) is 0 Å². The van der Waals surface area contributed by atoms with Gasteiger partial charge in [0.25, 0.3) is 0 Å². The lowest BCUT2D eigenvalue weighted by atomic mass is 9.89. The second-order valence-corrected chi connectivity index (χ2v) is 6.90. The van der Waals surface area contributed by atoms with Crippen molar-refractivity contribution in [2.75, 3.05) is 7.11 Å². The number of rotatable bonds is 5. The molecule has 0 aromatic carbocycles. The van der Waals surface area contributed by atoms with Gasteiger partial charge in [-0.25, -0.2) is 14.6 Å². The normalized spacial score (nSPS) is 16.7. The summed E-state index contributed by atoms with van der Waals surface area (Å²) in [5.74, 6) is 2.22. The summed E-state index contributed by atoms with van der Waals surface area (Å²) >= 11 is 0. The van der Waals surface area contributed by atoms with Crippen LogP contribution in [0.4, 0.5) is 0 Å². The zero-order valence-corrected chi connectivity index (χ0v) is 15.1. The van der Waals surface area contributed by atoms with Crippen molar-refractivity contribution in [3.63, 3.8) is 0 Å². The maximum Gasteiger partial charge on any atom is 0.230 e. The van der Waals surface area contributed by atoms with Crippen LogP contribution in [-0.4, -0.2) is 42.2 Å². The predicted octanol–water partition coefficient (Wildman–Crippen LogP) is 2.06. The van der Waals surface area contributed by atoms with Crippen LogP contribution in [0.25, 0.3) is 11.5 Å². The smallest absolute Gasteiger partial charge is 0.230 e. The van der Waals surface area contributed by atoms with Crippen LogP contribution < -0.4 is 4.74 Å². The molecule has 1 aliphatic carbocycles. The third kappa shape index (κ3) is 3.16. The fourth-order valence-corrected chi connectivity index (χ4v) is 3.21. The SMILES string of the molecule is COc1cc(-c2noc(C3CCc4nnn(CC(C)C)c4C3)n2)ncn1. The van der Waals surface area contributed by atoms with E-state index in [0.29, 0.717) is 29.2 Å². The van der Waals surface area contributed by atoms with Crippen LogP contribution in [0.15, 0.2) is 16.9 Å². The molecule has 3 aromatic rings. The largest absolute Gasteiger partial charge is 0.481 e. The van der Waals surface area contributed by atoms with E-state index >= 15 is 0 Å². The number of fused-ring (bicyclic) bond motifs is 1. The molecule has 0 N–H and O–H groups in total. The van der Waals surface area contributed by atoms with Crippen molar-refractivity contribution >= 4 is 0 Å². The Morgan fingerprint density at radius 2 is 2.23 bits per heavy atom. The third-order valence-corrected chi connectivity index (χ3v) is 4.50. The lowest BCUT2D eigenvalue weighted by Gasteiger charge is -2.19. The molecule has 3 heterocycles. The molecule has 0 radical (unpaired) electrons. The summed E-state index contributed by atoms with van der Waals surface area (Å²) in [6.07, 6.45) is 4.02. The summed E-state index contributed by atoms with van der Waals surface area (Å²) in [6, 6.07) is 1.69. The molecule has 1 aliphatic rings. The van der Waals surface area contributed by atoms with E-state index in [0.717, 1.165) is 31.5 Å². The van der Waals surface area contributed by atoms with Gasteiger partial charge < -0.3 is 9.26 Å². The minimum Gasteiger partial charge on any atom is -0.481 e. The second kappa shape index (κ2) is 6.81. The van der Waals surface area contributed by atoms with Gasteiger partial charge in [0.1, 0.15) is 12.0 Å². The zero-order chi connectivity index (χ0) is 18.1. The van der Waals surface area contributed by atoms with Gasteiger partial charge in [-0.1, -0.05) is 24.2 Å². The molecule has 1 atom stereocenters. The van der Waals surface area contributed by atoms with Crippen molar-refractivity contribution in [1.82, 2.24) is 35.1 Å². The fourth-order valence-electron chi connectivity index (χ4n) is 3.21. The van der Waals surface area contributed by atoms with Crippen LogP contribution in [0, 0.1) is 5.92 Å². The first-order valence-corrected chi connectivity index (χ1v) is 8.75. The molecule has 9 nitrogen and oxygen atoms in total. The van der Waals surface area contributed by atoms with Gasteiger partial charge in [-0.05, 0) is 18.8 Å². The molecule has 1 unspecified atom stereocenters. The van der Waals surface area contributed by atoms with E-state index in [1.165, 1.54) is 12.0 Å². The highest BCUT2D eigenvalue weighted by molar-refractivity contribution is 5.49. The van der Waals surface area contributed by atoms with E-state index in [2.05, 4.69) is 44.3 Å². The Bertz CT molecular complexity index is 902. The van der Waals surface area contributed by atoms with E-state index in [1.807, 2.05) is 4.68 Å². The summed E-state index contributed by atoms with van der Waals surface area (Å²) < 4.78 is 12.7. The number of methoxy groups -OCH3 is 1. The van der Waals surface area contributed by atoms with Crippen LogP contribution in [0.1, 0.15) is 43.5 Å². The van der Waals surface area contributed by atoms with Gasteiger partial charge in [0.05, 0.1) is 18.5 Å². The Morgan fingerprint density at radius 3 is 3.04 bits per heavy atom. The van der Waals surface area contributed by atoms with E-state index < -0.39 is 0 Å². The summed E-state index contributed by atoms with van der Waals surface area (Å²) in [7, 11) is 1.56. The topological polar surface area (TPSA) is 105 Å². The number of aromatic nitrogens is 7. The molecule has 26 heavy (non-hydrogen) atoms. The molecule has 0 saturated carbocycles. The number of ether oxygens (including phenoxy) is 1. The van der Waals surface area contributed by atoms with E-state index in [-0.39, 0.29) is 5.92 Å². The Balaban J connectivity index is 1.56. The molecule has 0 fully saturated rings. The Kier molecular flexibility index (Phi) is 4.36. The summed E-state index contributed by atoms with van der Waals surface area (Å²) in [4.78, 5) is 12.7. The minimum atomic E-state index is 0.164. The highest BCUT2D eigenvalue weighted by Crippen LogP contribution is 2.32. The first-order chi connectivity index (χ1) is 12.6. The Morgan fingerprint density at radius 1 is 1.35 bits per heavy atom. The van der Waals surface area contributed by atoms with E-state index in [4.69, 9.17) is 9.26 Å². The number of aryl methyl sites for hydroxylation is 1. The first-order valence-electron chi connectivity index (χ1n) is 8.75. The minimum absolute atomic E-state index is 0.164. The Labute approximate surface area is 150 Å². The van der Waals surface area contributed by atoms with Crippen molar-refractivity contribution in [1.29, 1.82) is 0 Å². The first kappa shape index (κ1) is 16.6. The molecule has 0 amide bonds. The maximum atomic E-state index is 5.53. The van der Waals surface area contributed by atoms with E-state index in [1.54, 1.807) is 13.2 Å². The number of nitrogens with zero attached hydrogens (tertiary/aromatic N) is 7. The van der Waals surface area contributed by atoms with Gasteiger partial charge in [-0.2, -0.15) is 4.98 Å². The van der Waals surface area contributed by atoms with Crippen LogP contribution >= 0.6 is 0 Å². The van der Waals surface area contributed by atoms with E-state index in [9.17, 15) is 0 Å². The van der Waals surface area contributed by atoms with Gasteiger partial charge in [0.15, 0.2) is 0 Å². The number of hydrogen-bond donors (Lipinski definition) is 0. The second-order valence-electron chi connectivity index (χ2n) is 6.90. The van der Waals surface area contributed by atoms with Crippen LogP contribution in [0.5, 0.6) is 5.88 Å². The quantitative estimate of drug-likeness (QED) is 0.685. The van der Waals surface area contributed by atoms with Gasteiger partial charge in [0.2, 0.25) is 17.6 Å². The molecule has 4 rings (SSSR count). The standard InChI is InChI=1S/C17H21N7O2/c1-10(2)8-24-14-6-11(4-5-12(14)21-23-24)17-20-16(22-26-17)13-7-15(25-3)19-9-18-13/h7,9-11H,4-6,8H2,1-3H3. The summed E-state index contributed by atoms with van der Waals surface area (Å²) in [5, 5.41) is 12.7. The maximum absolute atomic E-state index is 5.53. The summed E-state index contributed by atoms with van der Waals surface area (Å²) in [6.45, 7) is 5.22. The summed E-state index contributed by atoms with van der Waals surface area (Å²) in [5.41, 5.74) is 2.84. The molecule has 0 spiro atoms. The average molecular weight is 355 g/mol. The molecule has 0 bridgehead atoms. The van der Waals surface area contributed by atoms with Crippen molar-refractivity contribution < 1.29 is 9.26 Å². The van der Waals surface area contributed by atoms with Crippen molar-refractivity contribution in [2.24, 2.45) is 5.92 Å². The van der Waals surface area contributed by atoms with Gasteiger partial charge >= 0.3 is 0 Å². The predicted molar refractivity (Wildman–Crippen MR) is 91.5 cm³/mol. The molecular weight excluding hydrogens is 334 g/mol. The van der Waals surface area contributed by atoms with Gasteiger partial charge in [-0.15, -0.1) is 5.10 Å². The van der Waals surface area contributed by atoms with Crippen molar-refractivity contribution in [3.05, 3.63) is 29.7 Å². The highest BCUT2D eigenvalue weighted by Gasteiger charge is 2.29. The number of hydrogen-bond acceptors (Lipinski definition) is 8. The fraction of sp³-hybridized carbons (Fsp3) is 0.529. The average Bonchev–Trinajstić information content (AvgIpc) is 3.29. The lowest BCUT2D eigenvalue weighted by Crippen LogP contribution is -2.18. The van der Waals surface area contributed by atoms with Gasteiger partial charge in [-0.3, -0.25) is 0 Å². The van der Waals surface area contributed by atoms with Gasteiger partial charge in [0, 0.05) is 24.9 Å². The lowest BCUT2D eigenvalue weighted by molar-refractivity contribution is 0.335. The molecule has 0 saturated heterocycles. The van der Waals surface area contributed by atoms with Crippen LogP contribution in [-0.2, 0) is 19.4 Å². The zero-order valence-electron chi connectivity index (χ0n) is 15.1. The third-order valence-electron chi connectivity index (χ3n) is 4.50.